The quantitative estimate of drug-likeness (QED) is 0.846. The van der Waals surface area contributed by atoms with Crippen LogP contribution < -0.4 is 0 Å². The molecule has 0 aliphatic carbocycles. The summed E-state index contributed by atoms with van der Waals surface area (Å²) in [7, 11) is 0. The number of rotatable bonds is 5. The van der Waals surface area contributed by atoms with Crippen LogP contribution in [0.5, 0.6) is 0 Å². The lowest BCUT2D eigenvalue weighted by atomic mass is 9.67. The summed E-state index contributed by atoms with van der Waals surface area (Å²) < 4.78 is 5.46. The Morgan fingerprint density at radius 1 is 1.00 bits per heavy atom. The third-order valence-corrected chi connectivity index (χ3v) is 5.01. The van der Waals surface area contributed by atoms with Gasteiger partial charge in [0, 0.05) is 19.6 Å². The van der Waals surface area contributed by atoms with Crippen molar-refractivity contribution < 1.29 is 4.74 Å². The third kappa shape index (κ3) is 3.21. The molecule has 0 aromatic heterocycles. The summed E-state index contributed by atoms with van der Waals surface area (Å²) in [5, 5.41) is 10.3. The van der Waals surface area contributed by atoms with E-state index in [0.29, 0.717) is 0 Å². The molecule has 0 radical (unpaired) electrons. The first-order chi connectivity index (χ1) is 11.8. The molecule has 0 spiro atoms. The fourth-order valence-electron chi connectivity index (χ4n) is 3.69. The predicted molar refractivity (Wildman–Crippen MR) is 95.7 cm³/mol. The van der Waals surface area contributed by atoms with Gasteiger partial charge in [-0.1, -0.05) is 67.6 Å². The molecule has 24 heavy (non-hydrogen) atoms. The van der Waals surface area contributed by atoms with Gasteiger partial charge in [0.2, 0.25) is 0 Å². The van der Waals surface area contributed by atoms with Gasteiger partial charge in [0.25, 0.3) is 0 Å². The number of nitriles is 1. The normalized spacial score (nSPS) is 17.2. The van der Waals surface area contributed by atoms with E-state index < -0.39 is 5.41 Å². The number of hydrogen-bond donors (Lipinski definition) is 0. The van der Waals surface area contributed by atoms with Crippen LogP contribution in [0.15, 0.2) is 60.7 Å². The Kier molecular flexibility index (Phi) is 5.30. The number of nitrogens with zero attached hydrogens (tertiary/aromatic N) is 2. The zero-order valence-electron chi connectivity index (χ0n) is 14.2. The summed E-state index contributed by atoms with van der Waals surface area (Å²) in [6, 6.07) is 23.1. The first-order valence-electron chi connectivity index (χ1n) is 8.60. The van der Waals surface area contributed by atoms with Gasteiger partial charge in [-0.05, 0) is 17.0 Å². The van der Waals surface area contributed by atoms with Gasteiger partial charge in [-0.15, -0.1) is 0 Å². The smallest absolute Gasteiger partial charge is 0.111 e. The fraction of sp³-hybridized carbons (Fsp3) is 0.381. The minimum Gasteiger partial charge on any atom is -0.379 e. The molecule has 3 nitrogen and oxygen atoms in total. The first kappa shape index (κ1) is 16.7. The van der Waals surface area contributed by atoms with Crippen molar-refractivity contribution in [2.24, 2.45) is 5.92 Å². The zero-order valence-corrected chi connectivity index (χ0v) is 14.2. The maximum absolute atomic E-state index is 10.3. The minimum atomic E-state index is -0.638. The van der Waals surface area contributed by atoms with Gasteiger partial charge in [0.15, 0.2) is 0 Å². The Bertz CT molecular complexity index is 632. The van der Waals surface area contributed by atoms with E-state index in [4.69, 9.17) is 4.74 Å². The van der Waals surface area contributed by atoms with E-state index in [0.717, 1.165) is 44.0 Å². The molecular weight excluding hydrogens is 296 g/mol. The Balaban J connectivity index is 1.99. The molecular formula is C21H24N2O. The van der Waals surface area contributed by atoms with Gasteiger partial charge in [0.1, 0.15) is 5.41 Å². The second kappa shape index (κ2) is 7.61. The SMILES string of the molecule is C[C@H](CN1CCOCC1)C(C#N)(c1ccccc1)c1ccccc1. The topological polar surface area (TPSA) is 36.3 Å². The monoisotopic (exact) mass is 320 g/mol. The van der Waals surface area contributed by atoms with Gasteiger partial charge in [-0.2, -0.15) is 5.26 Å². The van der Waals surface area contributed by atoms with E-state index in [9.17, 15) is 5.26 Å². The number of morpholine rings is 1. The van der Waals surface area contributed by atoms with E-state index in [-0.39, 0.29) is 5.92 Å². The highest BCUT2D eigenvalue weighted by Gasteiger charge is 2.40. The molecule has 1 atom stereocenters. The molecule has 0 saturated carbocycles. The van der Waals surface area contributed by atoms with E-state index in [1.54, 1.807) is 0 Å². The van der Waals surface area contributed by atoms with E-state index in [1.807, 2.05) is 36.4 Å². The molecule has 1 saturated heterocycles. The van der Waals surface area contributed by atoms with Crippen molar-refractivity contribution in [3.8, 4) is 6.07 Å². The van der Waals surface area contributed by atoms with Crippen LogP contribution in [-0.2, 0) is 10.2 Å². The largest absolute Gasteiger partial charge is 0.379 e. The Hall–Kier alpha value is -2.15. The number of benzene rings is 2. The Morgan fingerprint density at radius 2 is 1.50 bits per heavy atom. The summed E-state index contributed by atoms with van der Waals surface area (Å²) in [6.45, 7) is 6.52. The van der Waals surface area contributed by atoms with Crippen LogP contribution >= 0.6 is 0 Å². The second-order valence-electron chi connectivity index (χ2n) is 6.47. The maximum Gasteiger partial charge on any atom is 0.111 e. The van der Waals surface area contributed by atoms with Crippen LogP contribution in [0.1, 0.15) is 18.1 Å². The Morgan fingerprint density at radius 3 is 1.96 bits per heavy atom. The fourth-order valence-corrected chi connectivity index (χ4v) is 3.69. The molecule has 3 heteroatoms. The van der Waals surface area contributed by atoms with E-state index >= 15 is 0 Å². The van der Waals surface area contributed by atoms with E-state index in [1.165, 1.54) is 0 Å². The molecule has 0 unspecified atom stereocenters. The molecule has 0 N–H and O–H groups in total. The first-order valence-corrected chi connectivity index (χ1v) is 8.60. The highest BCUT2D eigenvalue weighted by molar-refractivity contribution is 5.46. The average Bonchev–Trinajstić information content (AvgIpc) is 2.65. The molecule has 2 aromatic carbocycles. The molecule has 1 heterocycles. The van der Waals surface area contributed by atoms with Crippen molar-refractivity contribution in [2.45, 2.75) is 12.3 Å². The molecule has 1 aliphatic heterocycles. The van der Waals surface area contributed by atoms with Crippen molar-refractivity contribution in [2.75, 3.05) is 32.8 Å². The Labute approximate surface area is 144 Å². The molecule has 3 rings (SSSR count). The summed E-state index contributed by atoms with van der Waals surface area (Å²) in [4.78, 5) is 2.41. The van der Waals surface area contributed by atoms with Gasteiger partial charge in [-0.25, -0.2) is 0 Å². The number of hydrogen-bond acceptors (Lipinski definition) is 3. The lowest BCUT2D eigenvalue weighted by molar-refractivity contribution is 0.0289. The maximum atomic E-state index is 10.3. The predicted octanol–water partition coefficient (Wildman–Crippen LogP) is 3.46. The van der Waals surface area contributed by atoms with Crippen LogP contribution in [0.2, 0.25) is 0 Å². The number of ether oxygens (including phenoxy) is 1. The van der Waals surface area contributed by atoms with Crippen molar-refractivity contribution in [1.29, 1.82) is 5.26 Å². The lowest BCUT2D eigenvalue weighted by Crippen LogP contribution is -2.45. The van der Waals surface area contributed by atoms with E-state index in [2.05, 4.69) is 42.2 Å². The molecule has 124 valence electrons. The molecule has 1 aliphatic rings. The van der Waals surface area contributed by atoms with Crippen molar-refractivity contribution in [1.82, 2.24) is 4.90 Å². The molecule has 1 fully saturated rings. The van der Waals surface area contributed by atoms with Gasteiger partial charge in [0.05, 0.1) is 19.3 Å². The van der Waals surface area contributed by atoms with Gasteiger partial charge < -0.3 is 4.74 Å². The summed E-state index contributed by atoms with van der Waals surface area (Å²) in [5.41, 5.74) is 1.50. The minimum absolute atomic E-state index is 0.172. The zero-order chi connectivity index (χ0) is 16.8. The van der Waals surface area contributed by atoms with Crippen LogP contribution in [0, 0.1) is 17.2 Å². The summed E-state index contributed by atoms with van der Waals surface area (Å²) >= 11 is 0. The standard InChI is InChI=1S/C21H24N2O/c1-18(16-23-12-14-24-15-13-23)21(17-22,19-8-4-2-5-9-19)20-10-6-3-7-11-20/h2-11,18H,12-16H2,1H3/t18-/m1/s1. The van der Waals surface area contributed by atoms with Gasteiger partial charge in [-0.3, -0.25) is 4.90 Å². The molecule has 0 amide bonds. The molecule has 0 bridgehead atoms. The third-order valence-electron chi connectivity index (χ3n) is 5.01. The van der Waals surface area contributed by atoms with Crippen LogP contribution in [-0.4, -0.2) is 37.7 Å². The average molecular weight is 320 g/mol. The van der Waals surface area contributed by atoms with Crippen molar-refractivity contribution >= 4 is 0 Å². The summed E-state index contributed by atoms with van der Waals surface area (Å²) in [5.74, 6) is 0.172. The highest BCUT2D eigenvalue weighted by Crippen LogP contribution is 2.39. The van der Waals surface area contributed by atoms with Crippen molar-refractivity contribution in [3.05, 3.63) is 71.8 Å². The van der Waals surface area contributed by atoms with Crippen LogP contribution in [0.25, 0.3) is 0 Å². The van der Waals surface area contributed by atoms with Crippen molar-refractivity contribution in [3.63, 3.8) is 0 Å². The second-order valence-corrected chi connectivity index (χ2v) is 6.47. The van der Waals surface area contributed by atoms with Crippen LogP contribution in [0.4, 0.5) is 0 Å². The lowest BCUT2D eigenvalue weighted by Gasteiger charge is -2.38. The summed E-state index contributed by atoms with van der Waals surface area (Å²) in [6.07, 6.45) is 0. The molecule has 2 aromatic rings. The van der Waals surface area contributed by atoms with Crippen LogP contribution in [0.3, 0.4) is 0 Å². The highest BCUT2D eigenvalue weighted by atomic mass is 16.5. The van der Waals surface area contributed by atoms with Gasteiger partial charge >= 0.3 is 0 Å².